The molecule has 0 saturated heterocycles. The first-order chi connectivity index (χ1) is 17.5. The minimum absolute atomic E-state index is 0.171. The van der Waals surface area contributed by atoms with Gasteiger partial charge in [0.15, 0.2) is 10.3 Å². The molecule has 36 heavy (non-hydrogen) atoms. The molecule has 2 amide bonds. The number of hydrogen-bond acceptors (Lipinski definition) is 9. The fourth-order valence-corrected chi connectivity index (χ4v) is 5.20. The lowest BCUT2D eigenvalue weighted by atomic mass is 10.2. The summed E-state index contributed by atoms with van der Waals surface area (Å²) in [6.45, 7) is 4.99. The first-order valence-corrected chi connectivity index (χ1v) is 12.8. The van der Waals surface area contributed by atoms with Crippen LogP contribution in [0.2, 0.25) is 0 Å². The van der Waals surface area contributed by atoms with E-state index in [-0.39, 0.29) is 11.6 Å². The second-order valence-corrected chi connectivity index (χ2v) is 9.56. The average molecular weight is 520 g/mol. The van der Waals surface area contributed by atoms with Crippen molar-refractivity contribution in [3.05, 3.63) is 66.0 Å². The summed E-state index contributed by atoms with van der Waals surface area (Å²) in [4.78, 5) is 38.4. The Bertz CT molecular complexity index is 1450. The molecule has 0 saturated carbocycles. The SMILES string of the molecule is CCOc1ccc2nc(NC(=O)c3ccc(C(=O)Nc4nc5ccc(OCC)cc5s4)nc3)sc2c1. The molecule has 182 valence electrons. The van der Waals surface area contributed by atoms with E-state index in [0.29, 0.717) is 29.0 Å². The molecule has 5 rings (SSSR count). The van der Waals surface area contributed by atoms with Crippen LogP contribution in [0.5, 0.6) is 11.5 Å². The van der Waals surface area contributed by atoms with Crippen LogP contribution in [0, 0.1) is 0 Å². The fourth-order valence-electron chi connectivity index (χ4n) is 3.42. The Morgan fingerprint density at radius 1 is 0.778 bits per heavy atom. The van der Waals surface area contributed by atoms with E-state index in [1.807, 2.05) is 50.2 Å². The number of nitrogens with one attached hydrogen (secondary N) is 2. The van der Waals surface area contributed by atoms with E-state index in [9.17, 15) is 9.59 Å². The lowest BCUT2D eigenvalue weighted by molar-refractivity contribution is 0.101. The van der Waals surface area contributed by atoms with Gasteiger partial charge >= 0.3 is 0 Å². The summed E-state index contributed by atoms with van der Waals surface area (Å²) in [7, 11) is 0. The van der Waals surface area contributed by atoms with E-state index < -0.39 is 5.91 Å². The maximum atomic E-state index is 12.7. The Labute approximate surface area is 214 Å². The van der Waals surface area contributed by atoms with Crippen molar-refractivity contribution in [2.45, 2.75) is 13.8 Å². The van der Waals surface area contributed by atoms with E-state index in [2.05, 4.69) is 25.6 Å². The second-order valence-electron chi connectivity index (χ2n) is 7.50. The largest absolute Gasteiger partial charge is 0.494 e. The number of benzene rings is 2. The second kappa shape index (κ2) is 10.3. The monoisotopic (exact) mass is 519 g/mol. The number of aromatic nitrogens is 3. The lowest BCUT2D eigenvalue weighted by Gasteiger charge is -2.03. The van der Waals surface area contributed by atoms with Crippen LogP contribution in [-0.4, -0.2) is 40.0 Å². The molecule has 0 atom stereocenters. The van der Waals surface area contributed by atoms with Crippen molar-refractivity contribution in [3.8, 4) is 11.5 Å². The number of anilines is 2. The molecule has 3 aromatic heterocycles. The third-order valence-electron chi connectivity index (χ3n) is 5.04. The molecule has 0 aliphatic heterocycles. The van der Waals surface area contributed by atoms with Crippen molar-refractivity contribution < 1.29 is 19.1 Å². The molecule has 9 nitrogen and oxygen atoms in total. The Balaban J connectivity index is 1.24. The summed E-state index contributed by atoms with van der Waals surface area (Å²) >= 11 is 2.70. The third-order valence-corrected chi connectivity index (χ3v) is 6.91. The summed E-state index contributed by atoms with van der Waals surface area (Å²) in [5.74, 6) is 0.728. The predicted molar refractivity (Wildman–Crippen MR) is 142 cm³/mol. The minimum atomic E-state index is -0.415. The van der Waals surface area contributed by atoms with Gasteiger partial charge in [-0.05, 0) is 62.4 Å². The number of ether oxygens (including phenoxy) is 2. The highest BCUT2D eigenvalue weighted by molar-refractivity contribution is 7.22. The van der Waals surface area contributed by atoms with Crippen LogP contribution in [0.3, 0.4) is 0 Å². The standard InChI is InChI=1S/C25H21N5O4S2/c1-3-33-15-6-9-17-20(11-15)35-24(27-17)29-22(31)14-5-8-19(26-13-14)23(32)30-25-28-18-10-7-16(34-4-2)12-21(18)36-25/h5-13H,3-4H2,1-2H3,(H,27,29,31)(H,28,30,32). The number of carbonyl (C=O) groups is 2. The van der Waals surface area contributed by atoms with Gasteiger partial charge in [0.2, 0.25) is 0 Å². The quantitative estimate of drug-likeness (QED) is 0.274. The van der Waals surface area contributed by atoms with Gasteiger partial charge in [-0.1, -0.05) is 22.7 Å². The molecule has 0 unspecified atom stereocenters. The van der Waals surface area contributed by atoms with Gasteiger partial charge in [0.25, 0.3) is 11.8 Å². The fraction of sp³-hybridized carbons (Fsp3) is 0.160. The van der Waals surface area contributed by atoms with Crippen LogP contribution < -0.4 is 20.1 Å². The molecule has 2 N–H and O–H groups in total. The smallest absolute Gasteiger partial charge is 0.276 e. The number of thiazole rings is 2. The molecule has 2 aromatic carbocycles. The van der Waals surface area contributed by atoms with E-state index in [1.165, 1.54) is 34.9 Å². The van der Waals surface area contributed by atoms with E-state index in [4.69, 9.17) is 9.47 Å². The highest BCUT2D eigenvalue weighted by atomic mass is 32.1. The molecule has 0 bridgehead atoms. The summed E-state index contributed by atoms with van der Waals surface area (Å²) in [6, 6.07) is 14.2. The van der Waals surface area contributed by atoms with Crippen LogP contribution in [0.1, 0.15) is 34.7 Å². The first kappa shape index (κ1) is 23.6. The number of amides is 2. The van der Waals surface area contributed by atoms with Crippen LogP contribution in [0.15, 0.2) is 54.7 Å². The number of pyridine rings is 1. The lowest BCUT2D eigenvalue weighted by Crippen LogP contribution is -2.16. The number of rotatable bonds is 8. The summed E-state index contributed by atoms with van der Waals surface area (Å²) in [5.41, 5.74) is 2.02. The Morgan fingerprint density at radius 2 is 1.33 bits per heavy atom. The van der Waals surface area contributed by atoms with Crippen LogP contribution in [-0.2, 0) is 0 Å². The number of hydrogen-bond donors (Lipinski definition) is 2. The highest BCUT2D eigenvalue weighted by Gasteiger charge is 2.15. The van der Waals surface area contributed by atoms with Crippen molar-refractivity contribution in [1.29, 1.82) is 0 Å². The van der Waals surface area contributed by atoms with E-state index in [0.717, 1.165) is 31.9 Å². The Hall–Kier alpha value is -4.09. The summed E-state index contributed by atoms with van der Waals surface area (Å²) in [5, 5.41) is 6.47. The molecular weight excluding hydrogens is 498 g/mol. The van der Waals surface area contributed by atoms with Crippen molar-refractivity contribution in [1.82, 2.24) is 15.0 Å². The first-order valence-electron chi connectivity index (χ1n) is 11.2. The van der Waals surface area contributed by atoms with Gasteiger partial charge in [0, 0.05) is 6.20 Å². The Kier molecular flexibility index (Phi) is 6.74. The number of fused-ring (bicyclic) bond motifs is 2. The maximum Gasteiger partial charge on any atom is 0.276 e. The van der Waals surface area contributed by atoms with Crippen LogP contribution in [0.25, 0.3) is 20.4 Å². The molecular formula is C25H21N5O4S2. The summed E-state index contributed by atoms with van der Waals surface area (Å²) in [6.07, 6.45) is 1.36. The van der Waals surface area contributed by atoms with Gasteiger partial charge in [0.1, 0.15) is 17.2 Å². The van der Waals surface area contributed by atoms with E-state index >= 15 is 0 Å². The van der Waals surface area contributed by atoms with Gasteiger partial charge in [-0.3, -0.25) is 25.2 Å². The zero-order valence-corrected chi connectivity index (χ0v) is 21.0. The minimum Gasteiger partial charge on any atom is -0.494 e. The molecule has 11 heteroatoms. The average Bonchev–Trinajstić information content (AvgIpc) is 3.46. The van der Waals surface area contributed by atoms with Crippen molar-refractivity contribution in [3.63, 3.8) is 0 Å². The highest BCUT2D eigenvalue weighted by Crippen LogP contribution is 2.30. The molecule has 3 heterocycles. The molecule has 0 fully saturated rings. The Morgan fingerprint density at radius 3 is 1.83 bits per heavy atom. The maximum absolute atomic E-state index is 12.7. The normalized spacial score (nSPS) is 10.9. The van der Waals surface area contributed by atoms with Crippen molar-refractivity contribution >= 4 is 65.2 Å². The van der Waals surface area contributed by atoms with Gasteiger partial charge in [-0.15, -0.1) is 0 Å². The van der Waals surface area contributed by atoms with Crippen LogP contribution in [0.4, 0.5) is 10.3 Å². The van der Waals surface area contributed by atoms with Gasteiger partial charge < -0.3 is 9.47 Å². The molecule has 0 radical (unpaired) electrons. The van der Waals surface area contributed by atoms with Crippen LogP contribution >= 0.6 is 22.7 Å². The topological polar surface area (TPSA) is 115 Å². The van der Waals surface area contributed by atoms with Gasteiger partial charge in [-0.25, -0.2) is 9.97 Å². The zero-order valence-electron chi connectivity index (χ0n) is 19.4. The molecule has 5 aromatic rings. The van der Waals surface area contributed by atoms with Gasteiger partial charge in [0.05, 0.1) is 39.2 Å². The van der Waals surface area contributed by atoms with Crippen molar-refractivity contribution in [2.75, 3.05) is 23.8 Å². The van der Waals surface area contributed by atoms with Gasteiger partial charge in [-0.2, -0.15) is 0 Å². The van der Waals surface area contributed by atoms with Crippen molar-refractivity contribution in [2.24, 2.45) is 0 Å². The summed E-state index contributed by atoms with van der Waals surface area (Å²) < 4.78 is 12.8. The van der Waals surface area contributed by atoms with E-state index in [1.54, 1.807) is 6.07 Å². The third kappa shape index (κ3) is 5.11. The molecule has 0 aliphatic rings. The number of nitrogens with zero attached hydrogens (tertiary/aromatic N) is 3. The zero-order chi connectivity index (χ0) is 25.1. The molecule has 0 spiro atoms. The predicted octanol–water partition coefficient (Wildman–Crippen LogP) is 5.60. The molecule has 0 aliphatic carbocycles. The number of carbonyl (C=O) groups excluding carboxylic acids is 2.